The molecule has 3 aromatic rings. The van der Waals surface area contributed by atoms with E-state index in [1.807, 2.05) is 56.1 Å². The van der Waals surface area contributed by atoms with Crippen LogP contribution < -0.4 is 5.32 Å². The van der Waals surface area contributed by atoms with Gasteiger partial charge < -0.3 is 9.84 Å². The first kappa shape index (κ1) is 19.1. The highest BCUT2D eigenvalue weighted by atomic mass is 35.5. The number of carbonyl (C=O) groups excluding carboxylic acids is 1. The zero-order valence-electron chi connectivity index (χ0n) is 15.5. The lowest BCUT2D eigenvalue weighted by Crippen LogP contribution is -2.30. The van der Waals surface area contributed by atoms with E-state index in [2.05, 4.69) is 15.5 Å². The van der Waals surface area contributed by atoms with Crippen LogP contribution in [-0.4, -0.2) is 34.5 Å². The van der Waals surface area contributed by atoms with Crippen LogP contribution in [0.3, 0.4) is 0 Å². The Balaban J connectivity index is 1.58. The minimum atomic E-state index is -0.0904. The van der Waals surface area contributed by atoms with Gasteiger partial charge in [-0.25, -0.2) is 0 Å². The summed E-state index contributed by atoms with van der Waals surface area (Å²) in [6.07, 6.45) is 0. The van der Waals surface area contributed by atoms with E-state index in [1.54, 1.807) is 12.1 Å². The lowest BCUT2D eigenvalue weighted by Gasteiger charge is -2.16. The van der Waals surface area contributed by atoms with Gasteiger partial charge in [-0.2, -0.15) is 4.98 Å². The number of carbonyl (C=O) groups is 1. The molecule has 140 valence electrons. The third kappa shape index (κ3) is 4.93. The van der Waals surface area contributed by atoms with Crippen molar-refractivity contribution in [3.05, 3.63) is 64.5 Å². The van der Waals surface area contributed by atoms with Crippen molar-refractivity contribution in [2.45, 2.75) is 20.4 Å². The first-order valence-corrected chi connectivity index (χ1v) is 8.93. The minimum Gasteiger partial charge on any atom is -0.338 e. The molecule has 0 aliphatic carbocycles. The van der Waals surface area contributed by atoms with Gasteiger partial charge in [0.15, 0.2) is 0 Å². The third-order valence-corrected chi connectivity index (χ3v) is 4.39. The van der Waals surface area contributed by atoms with Gasteiger partial charge in [0.2, 0.25) is 17.6 Å². The number of amides is 1. The molecule has 27 heavy (non-hydrogen) atoms. The molecular weight excluding hydrogens is 364 g/mol. The van der Waals surface area contributed by atoms with Crippen LogP contribution >= 0.6 is 11.6 Å². The lowest BCUT2D eigenvalue weighted by molar-refractivity contribution is -0.117. The summed E-state index contributed by atoms with van der Waals surface area (Å²) in [5, 5.41) is 7.60. The van der Waals surface area contributed by atoms with E-state index in [-0.39, 0.29) is 12.5 Å². The van der Waals surface area contributed by atoms with E-state index in [9.17, 15) is 4.79 Å². The smallest absolute Gasteiger partial charge is 0.241 e. The molecule has 6 nitrogen and oxygen atoms in total. The molecule has 0 bridgehead atoms. The lowest BCUT2D eigenvalue weighted by atomic mass is 10.1. The number of rotatable bonds is 6. The number of anilines is 1. The van der Waals surface area contributed by atoms with Gasteiger partial charge >= 0.3 is 0 Å². The number of hydrogen-bond donors (Lipinski definition) is 1. The molecule has 1 aromatic heterocycles. The fraction of sp³-hybridized carbons (Fsp3) is 0.250. The minimum absolute atomic E-state index is 0.0904. The van der Waals surface area contributed by atoms with Gasteiger partial charge in [-0.05, 0) is 56.3 Å². The molecule has 7 heteroatoms. The van der Waals surface area contributed by atoms with Gasteiger partial charge in [0.25, 0.3) is 0 Å². The Kier molecular flexibility index (Phi) is 5.88. The predicted octanol–water partition coefficient (Wildman–Crippen LogP) is 4.08. The first-order chi connectivity index (χ1) is 12.9. The Morgan fingerprint density at radius 1 is 1.15 bits per heavy atom. The number of aromatic nitrogens is 2. The van der Waals surface area contributed by atoms with Crippen LogP contribution in [0.5, 0.6) is 0 Å². The molecule has 1 N–H and O–H groups in total. The van der Waals surface area contributed by atoms with Gasteiger partial charge in [-0.3, -0.25) is 9.69 Å². The summed E-state index contributed by atoms with van der Waals surface area (Å²) in [4.78, 5) is 18.5. The first-order valence-electron chi connectivity index (χ1n) is 8.55. The molecule has 1 heterocycles. The largest absolute Gasteiger partial charge is 0.338 e. The molecule has 1 amide bonds. The maximum Gasteiger partial charge on any atom is 0.241 e. The third-order valence-electron chi connectivity index (χ3n) is 4.13. The van der Waals surface area contributed by atoms with Gasteiger partial charge in [0.1, 0.15) is 0 Å². The monoisotopic (exact) mass is 384 g/mol. The number of nitrogens with one attached hydrogen (secondary N) is 1. The van der Waals surface area contributed by atoms with Crippen LogP contribution in [0.4, 0.5) is 5.69 Å². The second-order valence-electron chi connectivity index (χ2n) is 6.51. The van der Waals surface area contributed by atoms with Gasteiger partial charge in [0, 0.05) is 16.3 Å². The van der Waals surface area contributed by atoms with E-state index in [0.717, 1.165) is 22.4 Å². The summed E-state index contributed by atoms with van der Waals surface area (Å²) in [7, 11) is 1.83. The molecule has 0 spiro atoms. The summed E-state index contributed by atoms with van der Waals surface area (Å²) in [5.41, 5.74) is 3.76. The zero-order valence-corrected chi connectivity index (χ0v) is 16.2. The Labute approximate surface area is 163 Å². The van der Waals surface area contributed by atoms with Crippen LogP contribution in [0.1, 0.15) is 17.0 Å². The van der Waals surface area contributed by atoms with Crippen LogP contribution in [0.25, 0.3) is 11.4 Å². The van der Waals surface area contributed by atoms with Crippen LogP contribution in [0, 0.1) is 13.8 Å². The zero-order chi connectivity index (χ0) is 19.4. The van der Waals surface area contributed by atoms with Crippen LogP contribution in [0.2, 0.25) is 5.02 Å². The van der Waals surface area contributed by atoms with Crippen molar-refractivity contribution in [1.29, 1.82) is 0 Å². The number of likely N-dealkylation sites (N-methyl/N-ethyl adjacent to an activating group) is 1. The molecule has 0 aliphatic heterocycles. The summed E-state index contributed by atoms with van der Waals surface area (Å²) >= 11 is 5.89. The highest BCUT2D eigenvalue weighted by Crippen LogP contribution is 2.20. The summed E-state index contributed by atoms with van der Waals surface area (Å²) < 4.78 is 5.29. The second-order valence-corrected chi connectivity index (χ2v) is 6.94. The van der Waals surface area contributed by atoms with Crippen molar-refractivity contribution < 1.29 is 9.32 Å². The van der Waals surface area contributed by atoms with Crippen LogP contribution in [0.15, 0.2) is 47.0 Å². The molecule has 0 fully saturated rings. The van der Waals surface area contributed by atoms with Crippen molar-refractivity contribution in [2.75, 3.05) is 18.9 Å². The van der Waals surface area contributed by atoms with E-state index in [0.29, 0.717) is 23.3 Å². The Morgan fingerprint density at radius 3 is 2.48 bits per heavy atom. The Morgan fingerprint density at radius 2 is 1.81 bits per heavy atom. The molecule has 0 saturated heterocycles. The molecule has 2 aromatic carbocycles. The Bertz CT molecular complexity index is 917. The average molecular weight is 385 g/mol. The topological polar surface area (TPSA) is 71.3 Å². The van der Waals surface area contributed by atoms with E-state index < -0.39 is 0 Å². The molecule has 0 saturated carbocycles. The fourth-order valence-electron chi connectivity index (χ4n) is 2.76. The molecule has 0 aliphatic rings. The number of aryl methyl sites for hydroxylation is 2. The predicted molar refractivity (Wildman–Crippen MR) is 106 cm³/mol. The van der Waals surface area contributed by atoms with Crippen LogP contribution in [-0.2, 0) is 11.3 Å². The molecular formula is C20H21ClN4O2. The highest BCUT2D eigenvalue weighted by molar-refractivity contribution is 6.30. The molecule has 0 radical (unpaired) electrons. The van der Waals surface area contributed by atoms with Gasteiger partial charge in [-0.15, -0.1) is 0 Å². The molecule has 3 rings (SSSR count). The Hall–Kier alpha value is -2.70. The van der Waals surface area contributed by atoms with E-state index >= 15 is 0 Å². The van der Waals surface area contributed by atoms with Crippen molar-refractivity contribution in [2.24, 2.45) is 0 Å². The standard InChI is InChI=1S/C20H21ClN4O2/c1-13-5-4-6-14(2)19(13)22-17(26)11-25(3)12-18-23-20(24-27-18)15-7-9-16(21)10-8-15/h4-10H,11-12H2,1-3H3,(H,22,26). The number of para-hydroxylation sites is 1. The van der Waals surface area contributed by atoms with E-state index in [4.69, 9.17) is 16.1 Å². The number of benzene rings is 2. The van der Waals surface area contributed by atoms with Crippen molar-refractivity contribution in [3.8, 4) is 11.4 Å². The maximum atomic E-state index is 12.3. The summed E-state index contributed by atoms with van der Waals surface area (Å²) in [6, 6.07) is 13.1. The van der Waals surface area contributed by atoms with Gasteiger partial charge in [-0.1, -0.05) is 35.0 Å². The van der Waals surface area contributed by atoms with Crippen molar-refractivity contribution >= 4 is 23.2 Å². The van der Waals surface area contributed by atoms with E-state index in [1.165, 1.54) is 0 Å². The van der Waals surface area contributed by atoms with Crippen molar-refractivity contribution in [1.82, 2.24) is 15.0 Å². The second kappa shape index (κ2) is 8.33. The molecule has 0 unspecified atom stereocenters. The van der Waals surface area contributed by atoms with Gasteiger partial charge in [0.05, 0.1) is 13.1 Å². The normalized spacial score (nSPS) is 11.0. The summed E-state index contributed by atoms with van der Waals surface area (Å²) in [5.74, 6) is 0.852. The maximum absolute atomic E-state index is 12.3. The SMILES string of the molecule is Cc1cccc(C)c1NC(=O)CN(C)Cc1nc(-c2ccc(Cl)cc2)no1. The average Bonchev–Trinajstić information content (AvgIpc) is 3.07. The molecule has 0 atom stereocenters. The van der Waals surface area contributed by atoms with Crippen molar-refractivity contribution in [3.63, 3.8) is 0 Å². The number of halogens is 1. The summed E-state index contributed by atoms with van der Waals surface area (Å²) in [6.45, 7) is 4.54. The quantitative estimate of drug-likeness (QED) is 0.693. The fourth-order valence-corrected chi connectivity index (χ4v) is 2.88. The number of nitrogens with zero attached hydrogens (tertiary/aromatic N) is 3. The number of hydrogen-bond acceptors (Lipinski definition) is 5. The highest BCUT2D eigenvalue weighted by Gasteiger charge is 2.14.